The number of carbonyl (C=O) groups is 2. The molecule has 138 valence electrons. The third kappa shape index (κ3) is 4.32. The molecule has 0 saturated carbocycles. The van der Waals surface area contributed by atoms with Gasteiger partial charge in [0.25, 0.3) is 0 Å². The number of aryl methyl sites for hydroxylation is 1. The number of nitrogens with one attached hydrogen (secondary N) is 1. The van der Waals surface area contributed by atoms with Gasteiger partial charge in [0.1, 0.15) is 12.3 Å². The molecule has 0 aliphatic carbocycles. The third-order valence-corrected chi connectivity index (χ3v) is 5.01. The quantitative estimate of drug-likeness (QED) is 0.805. The van der Waals surface area contributed by atoms with Crippen LogP contribution in [0, 0.1) is 6.92 Å². The normalized spacial score (nSPS) is 14.0. The van der Waals surface area contributed by atoms with Crippen molar-refractivity contribution >= 4 is 29.0 Å². The van der Waals surface area contributed by atoms with Crippen LogP contribution >= 0.6 is 11.3 Å². The molecule has 1 aliphatic rings. The number of carbonyl (C=O) groups excluding carboxylic acids is 2. The Balaban J connectivity index is 1.47. The molecule has 1 aromatic heterocycles. The highest BCUT2D eigenvalue weighted by Crippen LogP contribution is 2.23. The van der Waals surface area contributed by atoms with E-state index in [2.05, 4.69) is 10.3 Å². The zero-order valence-electron chi connectivity index (χ0n) is 14.9. The SMILES string of the molecule is COc1ccc(N2CCN(CC(=O)NCCc3csc(C)n3)C2=O)cc1. The summed E-state index contributed by atoms with van der Waals surface area (Å²) in [6.07, 6.45) is 0.696. The van der Waals surface area contributed by atoms with Gasteiger partial charge in [-0.2, -0.15) is 0 Å². The summed E-state index contributed by atoms with van der Waals surface area (Å²) in [5.41, 5.74) is 1.79. The standard InChI is InChI=1S/C18H22N4O3S/c1-13-20-14(12-26-13)7-8-19-17(23)11-21-9-10-22(18(21)24)15-3-5-16(25-2)6-4-15/h3-6,12H,7-11H2,1-2H3,(H,19,23). The summed E-state index contributed by atoms with van der Waals surface area (Å²) in [4.78, 5) is 32.2. The fourth-order valence-electron chi connectivity index (χ4n) is 2.81. The van der Waals surface area contributed by atoms with Crippen molar-refractivity contribution in [2.75, 3.05) is 38.2 Å². The van der Waals surface area contributed by atoms with E-state index in [-0.39, 0.29) is 18.5 Å². The van der Waals surface area contributed by atoms with Gasteiger partial charge in [0.15, 0.2) is 0 Å². The van der Waals surface area contributed by atoms with E-state index in [1.54, 1.807) is 28.2 Å². The molecule has 0 spiro atoms. The molecule has 0 unspecified atom stereocenters. The summed E-state index contributed by atoms with van der Waals surface area (Å²) in [5.74, 6) is 0.591. The molecule has 3 rings (SSSR count). The summed E-state index contributed by atoms with van der Waals surface area (Å²) >= 11 is 1.60. The molecule has 0 atom stereocenters. The van der Waals surface area contributed by atoms with E-state index in [9.17, 15) is 9.59 Å². The molecule has 0 radical (unpaired) electrons. The second-order valence-electron chi connectivity index (χ2n) is 6.01. The second kappa shape index (κ2) is 8.18. The number of benzene rings is 1. The highest BCUT2D eigenvalue weighted by atomic mass is 32.1. The van der Waals surface area contributed by atoms with Gasteiger partial charge in [0.2, 0.25) is 5.91 Å². The topological polar surface area (TPSA) is 74.8 Å². The lowest BCUT2D eigenvalue weighted by Gasteiger charge is -2.18. The number of anilines is 1. The van der Waals surface area contributed by atoms with Crippen LogP contribution in [-0.2, 0) is 11.2 Å². The minimum atomic E-state index is -0.152. The molecular formula is C18H22N4O3S. The van der Waals surface area contributed by atoms with Crippen LogP contribution < -0.4 is 15.0 Å². The van der Waals surface area contributed by atoms with Gasteiger partial charge < -0.3 is 15.0 Å². The van der Waals surface area contributed by atoms with Crippen molar-refractivity contribution in [2.24, 2.45) is 0 Å². The number of thiazole rings is 1. The van der Waals surface area contributed by atoms with Crippen molar-refractivity contribution in [1.82, 2.24) is 15.2 Å². The molecule has 1 aliphatic heterocycles. The van der Waals surface area contributed by atoms with Crippen molar-refractivity contribution in [2.45, 2.75) is 13.3 Å². The average molecular weight is 374 g/mol. The van der Waals surface area contributed by atoms with Crippen molar-refractivity contribution in [3.05, 3.63) is 40.3 Å². The first-order valence-electron chi connectivity index (χ1n) is 8.45. The zero-order chi connectivity index (χ0) is 18.5. The number of amides is 3. The second-order valence-corrected chi connectivity index (χ2v) is 7.07. The van der Waals surface area contributed by atoms with Gasteiger partial charge in [0, 0.05) is 37.1 Å². The Kier molecular flexibility index (Phi) is 5.72. The summed E-state index contributed by atoms with van der Waals surface area (Å²) < 4.78 is 5.13. The predicted octanol–water partition coefficient (Wildman–Crippen LogP) is 2.06. The summed E-state index contributed by atoms with van der Waals surface area (Å²) in [5, 5.41) is 5.87. The van der Waals surface area contributed by atoms with Gasteiger partial charge in [-0.05, 0) is 31.2 Å². The summed E-state index contributed by atoms with van der Waals surface area (Å²) in [6, 6.07) is 7.17. The van der Waals surface area contributed by atoms with Crippen LogP contribution in [0.2, 0.25) is 0 Å². The first kappa shape index (κ1) is 18.2. The van der Waals surface area contributed by atoms with E-state index in [4.69, 9.17) is 4.74 Å². The lowest BCUT2D eigenvalue weighted by Crippen LogP contribution is -2.40. The van der Waals surface area contributed by atoms with E-state index >= 15 is 0 Å². The fourth-order valence-corrected chi connectivity index (χ4v) is 3.46. The summed E-state index contributed by atoms with van der Waals surface area (Å²) in [7, 11) is 1.60. The molecule has 2 aromatic rings. The van der Waals surface area contributed by atoms with Gasteiger partial charge in [-0.25, -0.2) is 9.78 Å². The molecule has 1 aromatic carbocycles. The molecular weight excluding hydrogens is 352 g/mol. The summed E-state index contributed by atoms with van der Waals surface area (Å²) in [6.45, 7) is 3.65. The first-order valence-corrected chi connectivity index (χ1v) is 9.33. The number of aromatic nitrogens is 1. The minimum absolute atomic E-state index is 0.0710. The monoisotopic (exact) mass is 374 g/mol. The molecule has 0 bridgehead atoms. The molecule has 1 N–H and O–H groups in total. The number of nitrogens with zero attached hydrogens (tertiary/aromatic N) is 3. The Morgan fingerprint density at radius 1 is 1.31 bits per heavy atom. The van der Waals surface area contributed by atoms with Gasteiger partial charge in [0.05, 0.1) is 17.8 Å². The minimum Gasteiger partial charge on any atom is -0.497 e. The lowest BCUT2D eigenvalue weighted by atomic mass is 10.3. The van der Waals surface area contributed by atoms with Crippen molar-refractivity contribution in [1.29, 1.82) is 0 Å². The first-order chi connectivity index (χ1) is 12.6. The van der Waals surface area contributed by atoms with Crippen molar-refractivity contribution < 1.29 is 14.3 Å². The average Bonchev–Trinajstić information content (AvgIpc) is 3.21. The van der Waals surface area contributed by atoms with Gasteiger partial charge in [-0.3, -0.25) is 9.69 Å². The number of hydrogen-bond acceptors (Lipinski definition) is 5. The smallest absolute Gasteiger partial charge is 0.325 e. The van der Waals surface area contributed by atoms with Gasteiger partial charge >= 0.3 is 6.03 Å². The van der Waals surface area contributed by atoms with Crippen LogP contribution in [0.3, 0.4) is 0 Å². The molecule has 7 nitrogen and oxygen atoms in total. The molecule has 3 amide bonds. The Labute approximate surface area is 156 Å². The van der Waals surface area contributed by atoms with Crippen LogP contribution in [0.4, 0.5) is 10.5 Å². The Morgan fingerprint density at radius 3 is 2.73 bits per heavy atom. The van der Waals surface area contributed by atoms with Crippen LogP contribution in [0.1, 0.15) is 10.7 Å². The van der Waals surface area contributed by atoms with Crippen molar-refractivity contribution in [3.8, 4) is 5.75 Å². The number of methoxy groups -OCH3 is 1. The predicted molar refractivity (Wildman–Crippen MR) is 101 cm³/mol. The number of urea groups is 1. The molecule has 26 heavy (non-hydrogen) atoms. The van der Waals surface area contributed by atoms with Gasteiger partial charge in [-0.1, -0.05) is 0 Å². The van der Waals surface area contributed by atoms with E-state index in [0.717, 1.165) is 22.1 Å². The highest BCUT2D eigenvalue weighted by Gasteiger charge is 2.30. The molecule has 2 heterocycles. The highest BCUT2D eigenvalue weighted by molar-refractivity contribution is 7.09. The Hall–Kier alpha value is -2.61. The molecule has 1 saturated heterocycles. The van der Waals surface area contributed by atoms with Crippen LogP contribution in [0.25, 0.3) is 0 Å². The van der Waals surface area contributed by atoms with E-state index in [1.165, 1.54) is 0 Å². The van der Waals surface area contributed by atoms with Crippen LogP contribution in [0.15, 0.2) is 29.6 Å². The molecule has 8 heteroatoms. The fraction of sp³-hybridized carbons (Fsp3) is 0.389. The van der Waals surface area contributed by atoms with Gasteiger partial charge in [-0.15, -0.1) is 11.3 Å². The largest absolute Gasteiger partial charge is 0.497 e. The number of hydrogen-bond donors (Lipinski definition) is 1. The third-order valence-electron chi connectivity index (χ3n) is 4.18. The lowest BCUT2D eigenvalue weighted by molar-refractivity contribution is -0.121. The van der Waals surface area contributed by atoms with Crippen molar-refractivity contribution in [3.63, 3.8) is 0 Å². The maximum atomic E-state index is 12.5. The van der Waals surface area contributed by atoms with E-state index < -0.39 is 0 Å². The maximum absolute atomic E-state index is 12.5. The maximum Gasteiger partial charge on any atom is 0.325 e. The Morgan fingerprint density at radius 2 is 2.08 bits per heavy atom. The number of ether oxygens (including phenoxy) is 1. The zero-order valence-corrected chi connectivity index (χ0v) is 15.7. The van der Waals surface area contributed by atoms with E-state index in [0.29, 0.717) is 26.1 Å². The Bertz CT molecular complexity index is 775. The van der Waals surface area contributed by atoms with Crippen LogP contribution in [-0.4, -0.2) is 55.1 Å². The van der Waals surface area contributed by atoms with E-state index in [1.807, 2.05) is 36.6 Å². The number of rotatable bonds is 7. The molecule has 1 fully saturated rings. The van der Waals surface area contributed by atoms with Crippen LogP contribution in [0.5, 0.6) is 5.75 Å².